The molecule has 14 aromatic rings. The van der Waals surface area contributed by atoms with E-state index in [1.54, 1.807) is 24.3 Å². The average molecular weight is 1250 g/mol. The first-order valence-electron chi connectivity index (χ1n) is 31.7. The lowest BCUT2D eigenvalue weighted by Gasteiger charge is -2.32. The summed E-state index contributed by atoms with van der Waals surface area (Å²) in [6, 6.07) is 72.8. The first-order valence-corrected chi connectivity index (χ1v) is 31.7. The summed E-state index contributed by atoms with van der Waals surface area (Å²) < 4.78 is 96.5. The molecule has 12 heteroatoms. The summed E-state index contributed by atoms with van der Waals surface area (Å²) in [5.74, 6) is -0.0214. The van der Waals surface area contributed by atoms with Crippen molar-refractivity contribution in [2.45, 2.75) is 57.8 Å². The van der Waals surface area contributed by atoms with E-state index >= 15 is 0 Å². The maximum absolute atomic E-state index is 13.9. The van der Waals surface area contributed by atoms with E-state index in [2.05, 4.69) is 196 Å². The van der Waals surface area contributed by atoms with Gasteiger partial charge in [0, 0.05) is 73.1 Å². The van der Waals surface area contributed by atoms with Gasteiger partial charge in [-0.05, 0) is 214 Å². The number of rotatable bonds is 15. The maximum atomic E-state index is 13.9. The molecule has 0 atom stereocenters. The fourth-order valence-electron chi connectivity index (χ4n) is 15.3. The number of allylic oxidation sites excluding steroid dienone is 1. The third-order valence-corrected chi connectivity index (χ3v) is 19.1. The molecule has 0 amide bonds. The maximum Gasteiger partial charge on any atom is 0.344 e. The second kappa shape index (κ2) is 23.2. The largest absolute Gasteiger partial charge is 0.428 e. The summed E-state index contributed by atoms with van der Waals surface area (Å²) in [5.41, 5.74) is 23.3. The average Bonchev–Trinajstić information content (AvgIpc) is 1.54. The Hall–Kier alpha value is -11.1. The number of halogens is 6. The Morgan fingerprint density at radius 3 is 1.52 bits per heavy atom. The van der Waals surface area contributed by atoms with E-state index in [4.69, 9.17) is 9.47 Å². The van der Waals surface area contributed by atoms with E-state index in [9.17, 15) is 26.3 Å². The quantitative estimate of drug-likeness (QED) is 0.0759. The number of pyridine rings is 1. The molecule has 0 bridgehead atoms. The zero-order valence-electron chi connectivity index (χ0n) is 51.2. The number of benzene rings is 10. The standard InChI is InChI=1S/C82H58F6N4O2/c1-3-35-82(36-4-2)70-46-56(50-14-10-18-59(40-50)92-73-24-8-6-22-64(73)67-44-55(28-31-75(67)92)52-16-12-20-61(42-52)94-81(88)79(85)86)25-29-62(70)65-47-69-68-45-53(26-32-76(68)90(77(69)48-71(65)82)57-33-37-89-38-34-57)49-13-9-17-58(39-49)91-72-23-7-5-21-63(72)66-43-54(27-30-74(66)91)51-15-11-19-60(41-51)93-80(87)78(83)84/h5-27,29-30,32-34,37-48H,3-4,28,31,35-36H2,1-2H3. The minimum absolute atomic E-state index is 0.00736. The van der Waals surface area contributed by atoms with E-state index in [0.717, 1.165) is 148 Å². The molecule has 0 radical (unpaired) electrons. The van der Waals surface area contributed by atoms with Gasteiger partial charge in [-0.1, -0.05) is 136 Å². The SMILES string of the molecule is CCCC1(CCC)c2cc(-c3cccc(-n4c5c(c6ccccc64)C=C(c4cccc(OC(F)=C(F)F)c4)CC5)c3)ccc2-c2cc3c4cc(-c5cccc(-n6c7ccccc7c7cc(-c8cccc(OC(F)=C(F)F)c8)ccc76)c5)ccc4n(-c4ccncc4)c3cc21. The number of hydrogen-bond donors (Lipinski definition) is 0. The minimum Gasteiger partial charge on any atom is -0.428 e. The number of aromatic nitrogens is 4. The zero-order valence-corrected chi connectivity index (χ0v) is 51.2. The van der Waals surface area contributed by atoms with E-state index in [1.165, 1.54) is 40.1 Å². The van der Waals surface area contributed by atoms with Crippen LogP contribution in [0.3, 0.4) is 0 Å². The van der Waals surface area contributed by atoms with Gasteiger partial charge >= 0.3 is 24.2 Å². The summed E-state index contributed by atoms with van der Waals surface area (Å²) >= 11 is 0. The molecular formula is C82H58F6N4O2. The van der Waals surface area contributed by atoms with Crippen LogP contribution >= 0.6 is 0 Å². The molecule has 4 heterocycles. The normalized spacial score (nSPS) is 13.1. The van der Waals surface area contributed by atoms with E-state index < -0.39 is 24.2 Å². The lowest BCUT2D eigenvalue weighted by atomic mass is 9.71. The zero-order chi connectivity index (χ0) is 63.9. The molecular weight excluding hydrogens is 1190 g/mol. The van der Waals surface area contributed by atoms with Crippen molar-refractivity contribution in [2.24, 2.45) is 0 Å². The number of hydrogen-bond acceptors (Lipinski definition) is 3. The molecule has 0 aliphatic heterocycles. The van der Waals surface area contributed by atoms with Crippen LogP contribution in [0.1, 0.15) is 73.9 Å². The van der Waals surface area contributed by atoms with Crippen LogP contribution in [0.2, 0.25) is 0 Å². The minimum atomic E-state index is -2.52. The monoisotopic (exact) mass is 1240 g/mol. The van der Waals surface area contributed by atoms with Gasteiger partial charge in [-0.2, -0.15) is 26.3 Å². The second-order valence-electron chi connectivity index (χ2n) is 24.4. The number of para-hydroxylation sites is 2. The summed E-state index contributed by atoms with van der Waals surface area (Å²) in [4.78, 5) is 4.45. The van der Waals surface area contributed by atoms with Crippen molar-refractivity contribution >= 4 is 66.2 Å². The highest BCUT2D eigenvalue weighted by molar-refractivity contribution is 6.14. The van der Waals surface area contributed by atoms with Crippen LogP contribution in [0.15, 0.2) is 261 Å². The van der Waals surface area contributed by atoms with Gasteiger partial charge in [-0.25, -0.2) is 0 Å². The molecule has 4 aromatic heterocycles. The molecule has 0 saturated carbocycles. The molecule has 2 aliphatic carbocycles. The van der Waals surface area contributed by atoms with Crippen LogP contribution in [-0.4, -0.2) is 18.7 Å². The molecule has 6 nitrogen and oxygen atoms in total. The van der Waals surface area contributed by atoms with Gasteiger partial charge in [-0.3, -0.25) is 4.98 Å². The van der Waals surface area contributed by atoms with Gasteiger partial charge in [0.05, 0.1) is 27.6 Å². The molecule has 10 aromatic carbocycles. The van der Waals surface area contributed by atoms with Crippen LogP contribution in [0.25, 0.3) is 128 Å². The van der Waals surface area contributed by atoms with Gasteiger partial charge in [0.15, 0.2) is 0 Å². The fraction of sp³-hybridized carbons (Fsp3) is 0.110. The van der Waals surface area contributed by atoms with E-state index in [1.807, 2.05) is 42.7 Å². The van der Waals surface area contributed by atoms with Crippen molar-refractivity contribution in [3.05, 3.63) is 289 Å². The molecule has 460 valence electrons. The second-order valence-corrected chi connectivity index (χ2v) is 24.4. The van der Waals surface area contributed by atoms with Gasteiger partial charge in [-0.15, -0.1) is 0 Å². The first kappa shape index (κ1) is 58.0. The molecule has 0 N–H and O–H groups in total. The number of ether oxygens (including phenoxy) is 2. The molecule has 0 spiro atoms. The Morgan fingerprint density at radius 1 is 0.394 bits per heavy atom. The van der Waals surface area contributed by atoms with Crippen molar-refractivity contribution < 1.29 is 35.8 Å². The van der Waals surface area contributed by atoms with Crippen LogP contribution in [-0.2, 0) is 11.8 Å². The van der Waals surface area contributed by atoms with Gasteiger partial charge < -0.3 is 23.2 Å². The highest BCUT2D eigenvalue weighted by atomic mass is 19.3. The van der Waals surface area contributed by atoms with Crippen LogP contribution in [0, 0.1) is 0 Å². The Morgan fingerprint density at radius 2 is 0.883 bits per heavy atom. The van der Waals surface area contributed by atoms with E-state index in [0.29, 0.717) is 12.0 Å². The Balaban J connectivity index is 0.789. The summed E-state index contributed by atoms with van der Waals surface area (Å²) in [6.45, 7) is 4.60. The third kappa shape index (κ3) is 9.68. The Labute approximate surface area is 537 Å². The van der Waals surface area contributed by atoms with Crippen molar-refractivity contribution in [2.75, 3.05) is 0 Å². The number of nitrogens with zero attached hydrogens (tertiary/aromatic N) is 4. The number of fused-ring (bicyclic) bond motifs is 12. The molecule has 2 aliphatic rings. The Bertz CT molecular complexity index is 5500. The fourth-order valence-corrected chi connectivity index (χ4v) is 15.3. The summed E-state index contributed by atoms with van der Waals surface area (Å²) in [6.07, 6.45) is 6.24. The molecule has 0 unspecified atom stereocenters. The highest BCUT2D eigenvalue weighted by Gasteiger charge is 2.43. The lowest BCUT2D eigenvalue weighted by Crippen LogP contribution is -2.25. The molecule has 0 fully saturated rings. The molecule has 0 saturated heterocycles. The predicted molar refractivity (Wildman–Crippen MR) is 367 cm³/mol. The lowest BCUT2D eigenvalue weighted by molar-refractivity contribution is 0.241. The van der Waals surface area contributed by atoms with E-state index in [-0.39, 0.29) is 16.9 Å². The van der Waals surface area contributed by atoms with Gasteiger partial charge in [0.25, 0.3) is 0 Å². The van der Waals surface area contributed by atoms with Crippen molar-refractivity contribution in [1.29, 1.82) is 0 Å². The van der Waals surface area contributed by atoms with Crippen LogP contribution in [0.4, 0.5) is 26.3 Å². The smallest absolute Gasteiger partial charge is 0.344 e. The van der Waals surface area contributed by atoms with Gasteiger partial charge in [0.2, 0.25) is 0 Å². The highest BCUT2D eigenvalue weighted by Crippen LogP contribution is 2.57. The van der Waals surface area contributed by atoms with Crippen LogP contribution < -0.4 is 9.47 Å². The van der Waals surface area contributed by atoms with Crippen molar-refractivity contribution in [3.63, 3.8) is 0 Å². The molecule has 94 heavy (non-hydrogen) atoms. The van der Waals surface area contributed by atoms with Crippen molar-refractivity contribution in [3.8, 4) is 73.1 Å². The van der Waals surface area contributed by atoms with Crippen LogP contribution in [0.5, 0.6) is 11.5 Å². The third-order valence-electron chi connectivity index (χ3n) is 19.1. The first-order chi connectivity index (χ1) is 45.9. The van der Waals surface area contributed by atoms with Gasteiger partial charge in [0.1, 0.15) is 11.5 Å². The summed E-state index contributed by atoms with van der Waals surface area (Å²) in [5, 5.41) is 5.43. The van der Waals surface area contributed by atoms with Crippen molar-refractivity contribution in [1.82, 2.24) is 18.7 Å². The predicted octanol–water partition coefficient (Wildman–Crippen LogP) is 23.4. The molecule has 16 rings (SSSR count). The summed E-state index contributed by atoms with van der Waals surface area (Å²) in [7, 11) is 0. The topological polar surface area (TPSA) is 46.1 Å². The Kier molecular flexibility index (Phi) is 14.3.